The van der Waals surface area contributed by atoms with E-state index in [9.17, 15) is 4.79 Å². The average molecular weight is 307 g/mol. The molecule has 22 heavy (non-hydrogen) atoms. The summed E-state index contributed by atoms with van der Waals surface area (Å²) < 4.78 is 7.59. The van der Waals surface area contributed by atoms with Crippen molar-refractivity contribution in [2.24, 2.45) is 5.92 Å². The number of aryl methyl sites for hydroxylation is 1. The molecule has 124 valence electrons. The van der Waals surface area contributed by atoms with Crippen molar-refractivity contribution in [3.63, 3.8) is 0 Å². The Kier molecular flexibility index (Phi) is 6.00. The van der Waals surface area contributed by atoms with Gasteiger partial charge in [0.15, 0.2) is 0 Å². The Balaban J connectivity index is 1.82. The molecule has 1 aromatic heterocycles. The van der Waals surface area contributed by atoms with Crippen molar-refractivity contribution in [1.82, 2.24) is 15.1 Å². The van der Waals surface area contributed by atoms with E-state index in [-0.39, 0.29) is 12.0 Å². The van der Waals surface area contributed by atoms with Crippen LogP contribution in [0, 0.1) is 19.8 Å². The topological polar surface area (TPSA) is 56.2 Å². The normalized spacial score (nSPS) is 18.1. The number of nitrogens with one attached hydrogen (secondary N) is 1. The van der Waals surface area contributed by atoms with Gasteiger partial charge in [-0.1, -0.05) is 13.8 Å². The van der Waals surface area contributed by atoms with Gasteiger partial charge >= 0.3 is 0 Å². The largest absolute Gasteiger partial charge is 0.376 e. The lowest BCUT2D eigenvalue weighted by Gasteiger charge is -2.11. The molecule has 1 fully saturated rings. The molecule has 5 nitrogen and oxygen atoms in total. The maximum atomic E-state index is 12.0. The summed E-state index contributed by atoms with van der Waals surface area (Å²) >= 11 is 0. The van der Waals surface area contributed by atoms with Gasteiger partial charge < -0.3 is 10.1 Å². The Hall–Kier alpha value is -1.36. The molecule has 2 rings (SSSR count). The highest BCUT2D eigenvalue weighted by Crippen LogP contribution is 2.16. The molecular weight excluding hydrogens is 278 g/mol. The second-order valence-electron chi connectivity index (χ2n) is 6.66. The molecule has 0 aromatic carbocycles. The SMILES string of the molecule is Cc1nn(CC(C)C)c(C)c1CCC(=O)NC[C@H]1CCCO1. The molecule has 0 radical (unpaired) electrons. The fourth-order valence-corrected chi connectivity index (χ4v) is 2.98. The molecule has 1 N–H and O–H groups in total. The van der Waals surface area contributed by atoms with Gasteiger partial charge in [-0.25, -0.2) is 0 Å². The lowest BCUT2D eigenvalue weighted by Crippen LogP contribution is -2.31. The number of carbonyl (C=O) groups excluding carboxylic acids is 1. The van der Waals surface area contributed by atoms with Crippen LogP contribution in [-0.4, -0.2) is 34.9 Å². The highest BCUT2D eigenvalue weighted by atomic mass is 16.5. The Morgan fingerprint density at radius 3 is 2.86 bits per heavy atom. The Labute approximate surface area is 133 Å². The van der Waals surface area contributed by atoms with E-state index < -0.39 is 0 Å². The van der Waals surface area contributed by atoms with Crippen LogP contribution in [0.2, 0.25) is 0 Å². The minimum Gasteiger partial charge on any atom is -0.376 e. The molecule has 1 aliphatic heterocycles. The molecule has 1 aliphatic rings. The molecule has 0 spiro atoms. The quantitative estimate of drug-likeness (QED) is 0.841. The van der Waals surface area contributed by atoms with E-state index in [1.54, 1.807) is 0 Å². The van der Waals surface area contributed by atoms with Crippen LogP contribution < -0.4 is 5.32 Å². The van der Waals surface area contributed by atoms with Crippen LogP contribution in [0.4, 0.5) is 0 Å². The summed E-state index contributed by atoms with van der Waals surface area (Å²) in [5.41, 5.74) is 3.45. The first-order valence-corrected chi connectivity index (χ1v) is 8.38. The van der Waals surface area contributed by atoms with Gasteiger partial charge in [-0.15, -0.1) is 0 Å². The molecule has 0 saturated carbocycles. The number of nitrogens with zero attached hydrogens (tertiary/aromatic N) is 2. The minimum atomic E-state index is 0.103. The number of aromatic nitrogens is 2. The number of hydrogen-bond acceptors (Lipinski definition) is 3. The summed E-state index contributed by atoms with van der Waals surface area (Å²) in [6, 6.07) is 0. The first kappa shape index (κ1) is 17.0. The highest BCUT2D eigenvalue weighted by molar-refractivity contribution is 5.76. The van der Waals surface area contributed by atoms with Crippen molar-refractivity contribution in [1.29, 1.82) is 0 Å². The zero-order valence-electron chi connectivity index (χ0n) is 14.3. The molecule has 1 saturated heterocycles. The number of ether oxygens (including phenoxy) is 1. The third kappa shape index (κ3) is 4.57. The van der Waals surface area contributed by atoms with Gasteiger partial charge in [-0.05, 0) is 44.6 Å². The molecule has 5 heteroatoms. The second kappa shape index (κ2) is 7.77. The molecule has 0 aliphatic carbocycles. The summed E-state index contributed by atoms with van der Waals surface area (Å²) in [5, 5.41) is 7.58. The Morgan fingerprint density at radius 1 is 1.45 bits per heavy atom. The smallest absolute Gasteiger partial charge is 0.220 e. The monoisotopic (exact) mass is 307 g/mol. The third-order valence-electron chi connectivity index (χ3n) is 4.22. The van der Waals surface area contributed by atoms with Gasteiger partial charge in [-0.3, -0.25) is 9.48 Å². The zero-order chi connectivity index (χ0) is 16.1. The van der Waals surface area contributed by atoms with Crippen LogP contribution in [0.25, 0.3) is 0 Å². The van der Waals surface area contributed by atoms with Crippen molar-refractivity contribution >= 4 is 5.91 Å². The fraction of sp³-hybridized carbons (Fsp3) is 0.765. The molecule has 2 heterocycles. The third-order valence-corrected chi connectivity index (χ3v) is 4.22. The van der Waals surface area contributed by atoms with E-state index in [4.69, 9.17) is 4.74 Å². The molecule has 1 atom stereocenters. The van der Waals surface area contributed by atoms with Gasteiger partial charge in [0.2, 0.25) is 5.91 Å². The molecule has 0 unspecified atom stereocenters. The van der Waals surface area contributed by atoms with Crippen molar-refractivity contribution in [2.75, 3.05) is 13.2 Å². The van der Waals surface area contributed by atoms with Crippen molar-refractivity contribution in [3.8, 4) is 0 Å². The molecular formula is C17H29N3O2. The Bertz CT molecular complexity index is 502. The van der Waals surface area contributed by atoms with E-state index >= 15 is 0 Å². The maximum Gasteiger partial charge on any atom is 0.220 e. The summed E-state index contributed by atoms with van der Waals surface area (Å²) in [6.45, 7) is 10.9. The first-order valence-electron chi connectivity index (χ1n) is 8.38. The van der Waals surface area contributed by atoms with E-state index in [2.05, 4.69) is 35.9 Å². The van der Waals surface area contributed by atoms with E-state index in [0.29, 0.717) is 18.9 Å². The van der Waals surface area contributed by atoms with Crippen LogP contribution >= 0.6 is 0 Å². The number of hydrogen-bond donors (Lipinski definition) is 1. The zero-order valence-corrected chi connectivity index (χ0v) is 14.3. The van der Waals surface area contributed by atoms with Gasteiger partial charge in [0, 0.05) is 31.8 Å². The minimum absolute atomic E-state index is 0.103. The van der Waals surface area contributed by atoms with E-state index in [1.807, 2.05) is 6.92 Å². The fourth-order valence-electron chi connectivity index (χ4n) is 2.98. The van der Waals surface area contributed by atoms with Crippen LogP contribution in [-0.2, 0) is 22.5 Å². The summed E-state index contributed by atoms with van der Waals surface area (Å²) in [6.07, 6.45) is 3.64. The van der Waals surface area contributed by atoms with Gasteiger partial charge in [0.05, 0.1) is 11.8 Å². The second-order valence-corrected chi connectivity index (χ2v) is 6.66. The average Bonchev–Trinajstić information content (AvgIpc) is 3.04. The van der Waals surface area contributed by atoms with Crippen LogP contribution in [0.1, 0.15) is 50.1 Å². The lowest BCUT2D eigenvalue weighted by molar-refractivity contribution is -0.121. The predicted molar refractivity (Wildman–Crippen MR) is 86.8 cm³/mol. The van der Waals surface area contributed by atoms with Crippen molar-refractivity contribution in [2.45, 2.75) is 66.0 Å². The standard InChI is InChI=1S/C17H29N3O2/c1-12(2)11-20-14(4)16(13(3)19-20)7-8-17(21)18-10-15-6-5-9-22-15/h12,15H,5-11H2,1-4H3,(H,18,21)/t15-/m1/s1. The van der Waals surface area contributed by atoms with Crippen LogP contribution in [0.15, 0.2) is 0 Å². The van der Waals surface area contributed by atoms with Gasteiger partial charge in [-0.2, -0.15) is 5.10 Å². The predicted octanol–water partition coefficient (Wildman–Crippen LogP) is 2.38. The summed E-state index contributed by atoms with van der Waals surface area (Å²) in [5.74, 6) is 0.673. The van der Waals surface area contributed by atoms with Gasteiger partial charge in [0.1, 0.15) is 0 Å². The molecule has 1 aromatic rings. The molecule has 0 bridgehead atoms. The number of carbonyl (C=O) groups is 1. The first-order chi connectivity index (χ1) is 10.5. The number of amides is 1. The summed E-state index contributed by atoms with van der Waals surface area (Å²) in [4.78, 5) is 12.0. The maximum absolute atomic E-state index is 12.0. The van der Waals surface area contributed by atoms with Crippen molar-refractivity contribution in [3.05, 3.63) is 17.0 Å². The van der Waals surface area contributed by atoms with E-state index in [1.165, 1.54) is 11.3 Å². The lowest BCUT2D eigenvalue weighted by atomic mass is 10.1. The molecule has 1 amide bonds. The van der Waals surface area contributed by atoms with E-state index in [0.717, 1.165) is 38.1 Å². The number of rotatable bonds is 7. The van der Waals surface area contributed by atoms with Gasteiger partial charge in [0.25, 0.3) is 0 Å². The van der Waals surface area contributed by atoms with Crippen molar-refractivity contribution < 1.29 is 9.53 Å². The van der Waals surface area contributed by atoms with Crippen LogP contribution in [0.5, 0.6) is 0 Å². The van der Waals surface area contributed by atoms with Crippen LogP contribution in [0.3, 0.4) is 0 Å². The Morgan fingerprint density at radius 2 is 2.23 bits per heavy atom. The summed E-state index contributed by atoms with van der Waals surface area (Å²) in [7, 11) is 0. The highest BCUT2D eigenvalue weighted by Gasteiger charge is 2.17.